The number of aromatic nitrogens is 4. The summed E-state index contributed by atoms with van der Waals surface area (Å²) in [6.07, 6.45) is 4.95. The Labute approximate surface area is 226 Å². The van der Waals surface area contributed by atoms with Crippen molar-refractivity contribution in [1.29, 1.82) is 0 Å². The van der Waals surface area contributed by atoms with Crippen molar-refractivity contribution in [3.63, 3.8) is 0 Å². The van der Waals surface area contributed by atoms with Crippen LogP contribution in [0.4, 0.5) is 5.82 Å². The van der Waals surface area contributed by atoms with Crippen LogP contribution in [0.5, 0.6) is 0 Å². The molecule has 0 saturated carbocycles. The van der Waals surface area contributed by atoms with Gasteiger partial charge in [0.15, 0.2) is 0 Å². The quantitative estimate of drug-likeness (QED) is 0.299. The van der Waals surface area contributed by atoms with E-state index in [1.54, 1.807) is 11.3 Å². The molecule has 0 unspecified atom stereocenters. The maximum absolute atomic E-state index is 13.9. The average Bonchev–Trinajstić information content (AvgIpc) is 3.75. The molecular weight excluding hydrogens is 496 g/mol. The van der Waals surface area contributed by atoms with E-state index >= 15 is 0 Å². The molecule has 2 fully saturated rings. The van der Waals surface area contributed by atoms with Crippen molar-refractivity contribution in [1.82, 2.24) is 25.1 Å². The Morgan fingerprint density at radius 3 is 2.66 bits per heavy atom. The lowest BCUT2D eigenvalue weighted by Crippen LogP contribution is -2.31. The molecule has 2 saturated heterocycles. The summed E-state index contributed by atoms with van der Waals surface area (Å²) in [5.74, 6) is 1.78. The molecule has 0 spiro atoms. The van der Waals surface area contributed by atoms with Crippen LogP contribution in [0.3, 0.4) is 0 Å². The van der Waals surface area contributed by atoms with Gasteiger partial charge in [-0.3, -0.25) is 4.79 Å². The van der Waals surface area contributed by atoms with Gasteiger partial charge in [-0.15, -0.1) is 21.5 Å². The van der Waals surface area contributed by atoms with E-state index in [1.165, 1.54) is 5.56 Å². The molecule has 5 heterocycles. The monoisotopic (exact) mass is 528 g/mol. The fourth-order valence-corrected chi connectivity index (χ4v) is 6.35. The molecule has 6 rings (SSSR count). The Hall–Kier alpha value is -3.59. The summed E-state index contributed by atoms with van der Waals surface area (Å²) in [7, 11) is 0. The molecule has 196 valence electrons. The summed E-state index contributed by atoms with van der Waals surface area (Å²) < 4.78 is 6.14. The highest BCUT2D eigenvalue weighted by atomic mass is 32.1. The SMILES string of the molecule is Cc1csc([C@H]2CCCN2C(=O)c2cc(-c3nnc([C@@H](C)Cc4ccccc4)o3)nc(N3CCCC3)c2)n1. The summed E-state index contributed by atoms with van der Waals surface area (Å²) in [5, 5.41) is 11.8. The third-order valence-electron chi connectivity index (χ3n) is 7.39. The number of hydrogen-bond donors (Lipinski definition) is 0. The number of likely N-dealkylation sites (tertiary alicyclic amines) is 1. The highest BCUT2D eigenvalue weighted by Gasteiger charge is 2.33. The summed E-state index contributed by atoms with van der Waals surface area (Å²) in [6, 6.07) is 14.0. The average molecular weight is 529 g/mol. The normalized spacial score (nSPS) is 18.3. The van der Waals surface area contributed by atoms with Crippen LogP contribution >= 0.6 is 11.3 Å². The zero-order valence-corrected chi connectivity index (χ0v) is 22.7. The van der Waals surface area contributed by atoms with Gasteiger partial charge in [0.25, 0.3) is 11.8 Å². The van der Waals surface area contributed by atoms with Crippen molar-refractivity contribution in [3.8, 4) is 11.6 Å². The Balaban J connectivity index is 1.30. The van der Waals surface area contributed by atoms with E-state index in [0.717, 1.165) is 68.3 Å². The van der Waals surface area contributed by atoms with Crippen molar-refractivity contribution < 1.29 is 9.21 Å². The van der Waals surface area contributed by atoms with Crippen molar-refractivity contribution in [3.05, 3.63) is 75.6 Å². The number of thiazole rings is 1. The molecular formula is C29H32N6O2S. The maximum Gasteiger partial charge on any atom is 0.266 e. The first kappa shape index (κ1) is 24.7. The number of pyridine rings is 1. The van der Waals surface area contributed by atoms with Gasteiger partial charge in [0, 0.05) is 42.2 Å². The third kappa shape index (κ3) is 5.07. The molecule has 1 amide bonds. The highest BCUT2D eigenvalue weighted by Crippen LogP contribution is 2.36. The summed E-state index contributed by atoms with van der Waals surface area (Å²) in [5.41, 5.74) is 3.37. The van der Waals surface area contributed by atoms with Crippen molar-refractivity contribution in [2.45, 2.75) is 57.9 Å². The molecule has 2 atom stereocenters. The lowest BCUT2D eigenvalue weighted by atomic mass is 10.0. The Morgan fingerprint density at radius 1 is 1.08 bits per heavy atom. The van der Waals surface area contributed by atoms with Gasteiger partial charge in [0.05, 0.1) is 6.04 Å². The van der Waals surface area contributed by atoms with Gasteiger partial charge in [-0.05, 0) is 56.7 Å². The Kier molecular flexibility index (Phi) is 6.93. The molecule has 0 aliphatic carbocycles. The van der Waals surface area contributed by atoms with Gasteiger partial charge in [-0.1, -0.05) is 37.3 Å². The zero-order chi connectivity index (χ0) is 26.1. The molecule has 9 heteroatoms. The number of carbonyl (C=O) groups is 1. The van der Waals surface area contributed by atoms with E-state index in [9.17, 15) is 4.79 Å². The Morgan fingerprint density at radius 2 is 1.89 bits per heavy atom. The first-order valence-corrected chi connectivity index (χ1v) is 14.3. The summed E-state index contributed by atoms with van der Waals surface area (Å²) in [4.78, 5) is 27.7. The van der Waals surface area contributed by atoms with E-state index in [-0.39, 0.29) is 17.9 Å². The number of aryl methyl sites for hydroxylation is 1. The Bertz CT molecular complexity index is 1410. The second kappa shape index (κ2) is 10.6. The van der Waals surface area contributed by atoms with E-state index in [2.05, 4.69) is 44.5 Å². The van der Waals surface area contributed by atoms with Crippen molar-refractivity contribution in [2.75, 3.05) is 24.5 Å². The highest BCUT2D eigenvalue weighted by molar-refractivity contribution is 7.09. The molecule has 2 aliphatic heterocycles. The molecule has 38 heavy (non-hydrogen) atoms. The number of nitrogens with zero attached hydrogens (tertiary/aromatic N) is 6. The first-order chi connectivity index (χ1) is 18.5. The van der Waals surface area contributed by atoms with Crippen LogP contribution in [-0.4, -0.2) is 50.6 Å². The van der Waals surface area contributed by atoms with Crippen LogP contribution < -0.4 is 4.90 Å². The number of rotatable bonds is 7. The minimum atomic E-state index is 0.00151. The first-order valence-electron chi connectivity index (χ1n) is 13.4. The predicted octanol–water partition coefficient (Wildman–Crippen LogP) is 5.82. The molecule has 0 radical (unpaired) electrons. The van der Waals surface area contributed by atoms with Crippen molar-refractivity contribution in [2.24, 2.45) is 0 Å². The van der Waals surface area contributed by atoms with Crippen LogP contribution in [-0.2, 0) is 6.42 Å². The van der Waals surface area contributed by atoms with Gasteiger partial charge in [-0.2, -0.15) is 0 Å². The van der Waals surface area contributed by atoms with Gasteiger partial charge in [0.1, 0.15) is 16.5 Å². The van der Waals surface area contributed by atoms with E-state index < -0.39 is 0 Å². The number of anilines is 1. The van der Waals surface area contributed by atoms with Gasteiger partial charge in [-0.25, -0.2) is 9.97 Å². The lowest BCUT2D eigenvalue weighted by Gasteiger charge is -2.24. The minimum absolute atomic E-state index is 0.00151. The van der Waals surface area contributed by atoms with E-state index in [0.29, 0.717) is 23.0 Å². The van der Waals surface area contributed by atoms with Crippen LogP contribution in [0.25, 0.3) is 11.6 Å². The number of benzene rings is 1. The van der Waals surface area contributed by atoms with Gasteiger partial charge < -0.3 is 14.2 Å². The molecule has 0 bridgehead atoms. The van der Waals surface area contributed by atoms with Crippen LogP contribution in [0.1, 0.15) is 77.1 Å². The van der Waals surface area contributed by atoms with Gasteiger partial charge in [0.2, 0.25) is 5.89 Å². The van der Waals surface area contributed by atoms with Crippen LogP contribution in [0, 0.1) is 6.92 Å². The molecule has 2 aliphatic rings. The molecule has 0 N–H and O–H groups in total. The van der Waals surface area contributed by atoms with Crippen LogP contribution in [0.2, 0.25) is 0 Å². The van der Waals surface area contributed by atoms with E-state index in [1.807, 2.05) is 42.2 Å². The fraction of sp³-hybridized carbons (Fsp3) is 0.414. The van der Waals surface area contributed by atoms with Crippen LogP contribution in [0.15, 0.2) is 52.3 Å². The summed E-state index contributed by atoms with van der Waals surface area (Å²) in [6.45, 7) is 6.66. The standard InChI is InChI=1S/C29H32N6O2S/c1-19(15-21-9-4-3-5-10-21)26-32-33-27(37-26)23-16-22(17-25(31-23)34-12-6-7-13-34)29(36)35-14-8-11-24(35)28-30-20(2)18-38-28/h3-5,9-10,16-19,24H,6-8,11-15H2,1-2H3/t19-,24+/m0/s1. The number of hydrogen-bond acceptors (Lipinski definition) is 8. The number of amides is 1. The predicted molar refractivity (Wildman–Crippen MR) is 147 cm³/mol. The topological polar surface area (TPSA) is 88.2 Å². The zero-order valence-electron chi connectivity index (χ0n) is 21.8. The largest absolute Gasteiger partial charge is 0.419 e. The van der Waals surface area contributed by atoms with Crippen molar-refractivity contribution >= 4 is 23.1 Å². The second-order valence-electron chi connectivity index (χ2n) is 10.3. The van der Waals surface area contributed by atoms with Gasteiger partial charge >= 0.3 is 0 Å². The fourth-order valence-electron chi connectivity index (χ4n) is 5.41. The maximum atomic E-state index is 13.9. The number of carbonyl (C=O) groups excluding carboxylic acids is 1. The summed E-state index contributed by atoms with van der Waals surface area (Å²) >= 11 is 1.63. The second-order valence-corrected chi connectivity index (χ2v) is 11.2. The lowest BCUT2D eigenvalue weighted by molar-refractivity contribution is 0.0735. The van der Waals surface area contributed by atoms with E-state index in [4.69, 9.17) is 9.40 Å². The molecule has 8 nitrogen and oxygen atoms in total. The molecule has 1 aromatic carbocycles. The minimum Gasteiger partial charge on any atom is -0.419 e. The third-order valence-corrected chi connectivity index (χ3v) is 8.45. The molecule has 4 aromatic rings. The molecule has 3 aromatic heterocycles. The smallest absolute Gasteiger partial charge is 0.266 e.